The largest absolute Gasteiger partial charge is 0.377 e. The standard InChI is InChI=1S/C15H22N4O4/c1-11-7-17-8-12(18-11)14(21)19-4-5-23-10-15(9-19,22-3)6-13(20)16-2/h7-8H,4-6,9-10H2,1-3H3,(H,16,20)/t15-/m1/s1. The third-order valence-electron chi connectivity index (χ3n) is 3.81. The average Bonchev–Trinajstić information content (AvgIpc) is 2.77. The molecule has 0 spiro atoms. The predicted molar refractivity (Wildman–Crippen MR) is 81.9 cm³/mol. The molecule has 8 heteroatoms. The Bertz CT molecular complexity index is 580. The van der Waals surface area contributed by atoms with Crippen molar-refractivity contribution >= 4 is 11.8 Å². The molecule has 1 aliphatic rings. The summed E-state index contributed by atoms with van der Waals surface area (Å²) in [7, 11) is 3.08. The van der Waals surface area contributed by atoms with Gasteiger partial charge < -0.3 is 19.7 Å². The molecular formula is C15H22N4O4. The van der Waals surface area contributed by atoms with Crippen molar-refractivity contribution in [2.24, 2.45) is 0 Å². The number of ether oxygens (including phenoxy) is 2. The summed E-state index contributed by atoms with van der Waals surface area (Å²) in [5.41, 5.74) is 0.0749. The molecule has 1 aliphatic heterocycles. The van der Waals surface area contributed by atoms with Crippen molar-refractivity contribution in [3.05, 3.63) is 23.8 Å². The first-order valence-corrected chi connectivity index (χ1v) is 7.41. The smallest absolute Gasteiger partial charge is 0.274 e. The van der Waals surface area contributed by atoms with Crippen molar-refractivity contribution < 1.29 is 19.1 Å². The Labute approximate surface area is 135 Å². The lowest BCUT2D eigenvalue weighted by molar-refractivity contribution is -0.131. The van der Waals surface area contributed by atoms with Crippen LogP contribution in [0.15, 0.2) is 12.4 Å². The van der Waals surface area contributed by atoms with E-state index in [2.05, 4.69) is 15.3 Å². The predicted octanol–water partition coefficient (Wildman–Crippen LogP) is -0.221. The normalized spacial score (nSPS) is 21.6. The van der Waals surface area contributed by atoms with Gasteiger partial charge in [-0.25, -0.2) is 4.98 Å². The van der Waals surface area contributed by atoms with E-state index in [4.69, 9.17) is 9.47 Å². The first-order valence-electron chi connectivity index (χ1n) is 7.41. The minimum Gasteiger partial charge on any atom is -0.377 e. The molecule has 126 valence electrons. The Kier molecular flexibility index (Phi) is 5.62. The zero-order valence-electron chi connectivity index (χ0n) is 13.7. The summed E-state index contributed by atoms with van der Waals surface area (Å²) < 4.78 is 11.1. The van der Waals surface area contributed by atoms with E-state index in [-0.39, 0.29) is 37.1 Å². The number of nitrogens with one attached hydrogen (secondary N) is 1. The summed E-state index contributed by atoms with van der Waals surface area (Å²) in [4.78, 5) is 34.3. The molecule has 1 aromatic rings. The highest BCUT2D eigenvalue weighted by Gasteiger charge is 2.39. The van der Waals surface area contributed by atoms with Gasteiger partial charge in [-0.05, 0) is 6.92 Å². The van der Waals surface area contributed by atoms with Gasteiger partial charge in [0.1, 0.15) is 11.3 Å². The molecule has 1 N–H and O–H groups in total. The molecule has 0 bridgehead atoms. The Morgan fingerprint density at radius 1 is 1.48 bits per heavy atom. The fourth-order valence-electron chi connectivity index (χ4n) is 2.49. The van der Waals surface area contributed by atoms with Crippen LogP contribution in [0.25, 0.3) is 0 Å². The Morgan fingerprint density at radius 3 is 2.91 bits per heavy atom. The highest BCUT2D eigenvalue weighted by molar-refractivity contribution is 5.92. The first-order chi connectivity index (χ1) is 11.0. The Morgan fingerprint density at radius 2 is 2.26 bits per heavy atom. The SMILES string of the molecule is CNC(=O)C[C@]1(OC)COCCN(C(=O)c2cncc(C)n2)C1. The number of rotatable bonds is 4. The summed E-state index contributed by atoms with van der Waals surface area (Å²) in [6.45, 7) is 3.07. The molecule has 2 heterocycles. The van der Waals surface area contributed by atoms with Crippen LogP contribution >= 0.6 is 0 Å². The van der Waals surface area contributed by atoms with Gasteiger partial charge in [0.2, 0.25) is 5.91 Å². The fourth-order valence-corrected chi connectivity index (χ4v) is 2.49. The van der Waals surface area contributed by atoms with Gasteiger partial charge in [0.15, 0.2) is 0 Å². The zero-order chi connectivity index (χ0) is 16.9. The highest BCUT2D eigenvalue weighted by Crippen LogP contribution is 2.21. The van der Waals surface area contributed by atoms with Gasteiger partial charge in [-0.15, -0.1) is 0 Å². The second kappa shape index (κ2) is 7.47. The summed E-state index contributed by atoms with van der Waals surface area (Å²) in [5, 5.41) is 2.57. The van der Waals surface area contributed by atoms with Gasteiger partial charge in [-0.1, -0.05) is 0 Å². The van der Waals surface area contributed by atoms with Gasteiger partial charge in [0.05, 0.1) is 38.1 Å². The van der Waals surface area contributed by atoms with E-state index in [1.165, 1.54) is 13.3 Å². The summed E-state index contributed by atoms with van der Waals surface area (Å²) in [5.74, 6) is -0.412. The van der Waals surface area contributed by atoms with Crippen LogP contribution < -0.4 is 5.32 Å². The van der Waals surface area contributed by atoms with E-state index >= 15 is 0 Å². The third kappa shape index (κ3) is 4.23. The number of amides is 2. The van der Waals surface area contributed by atoms with Gasteiger partial charge in [0.25, 0.3) is 5.91 Å². The number of nitrogens with zero attached hydrogens (tertiary/aromatic N) is 3. The van der Waals surface area contributed by atoms with Crippen LogP contribution in [0.5, 0.6) is 0 Å². The summed E-state index contributed by atoms with van der Waals surface area (Å²) in [6.07, 6.45) is 3.14. The molecule has 1 saturated heterocycles. The molecule has 0 radical (unpaired) electrons. The fraction of sp³-hybridized carbons (Fsp3) is 0.600. The second-order valence-electron chi connectivity index (χ2n) is 5.56. The minimum atomic E-state index is -0.872. The van der Waals surface area contributed by atoms with Crippen molar-refractivity contribution in [3.63, 3.8) is 0 Å². The number of carbonyl (C=O) groups is 2. The van der Waals surface area contributed by atoms with Crippen molar-refractivity contribution in [1.82, 2.24) is 20.2 Å². The van der Waals surface area contributed by atoms with Gasteiger partial charge in [-0.2, -0.15) is 0 Å². The lowest BCUT2D eigenvalue weighted by Gasteiger charge is -2.33. The molecular weight excluding hydrogens is 300 g/mol. The first kappa shape index (κ1) is 17.3. The van der Waals surface area contributed by atoms with E-state index in [1.807, 2.05) is 0 Å². The van der Waals surface area contributed by atoms with E-state index < -0.39 is 5.60 Å². The average molecular weight is 322 g/mol. The van der Waals surface area contributed by atoms with E-state index in [9.17, 15) is 9.59 Å². The number of hydrogen-bond acceptors (Lipinski definition) is 6. The van der Waals surface area contributed by atoms with E-state index in [0.29, 0.717) is 18.8 Å². The van der Waals surface area contributed by atoms with Gasteiger partial charge in [0, 0.05) is 26.9 Å². The van der Waals surface area contributed by atoms with E-state index in [1.54, 1.807) is 25.1 Å². The number of methoxy groups -OCH3 is 1. The second-order valence-corrected chi connectivity index (χ2v) is 5.56. The third-order valence-corrected chi connectivity index (χ3v) is 3.81. The summed E-state index contributed by atoms with van der Waals surface area (Å²) >= 11 is 0. The molecule has 23 heavy (non-hydrogen) atoms. The number of carbonyl (C=O) groups excluding carboxylic acids is 2. The van der Waals surface area contributed by atoms with Crippen molar-refractivity contribution in [3.8, 4) is 0 Å². The topological polar surface area (TPSA) is 93.7 Å². The highest BCUT2D eigenvalue weighted by atomic mass is 16.5. The molecule has 0 aromatic carbocycles. The lowest BCUT2D eigenvalue weighted by atomic mass is 9.99. The Hall–Kier alpha value is -2.06. The van der Waals surface area contributed by atoms with Gasteiger partial charge >= 0.3 is 0 Å². The van der Waals surface area contributed by atoms with Crippen molar-refractivity contribution in [2.45, 2.75) is 18.9 Å². The molecule has 1 atom stereocenters. The molecule has 1 aromatic heterocycles. The number of aromatic nitrogens is 2. The molecule has 0 unspecified atom stereocenters. The number of aryl methyl sites for hydroxylation is 1. The summed E-state index contributed by atoms with van der Waals surface area (Å²) in [6, 6.07) is 0. The van der Waals surface area contributed by atoms with Gasteiger partial charge in [-0.3, -0.25) is 14.6 Å². The van der Waals surface area contributed by atoms with Crippen LogP contribution in [-0.2, 0) is 14.3 Å². The quantitative estimate of drug-likeness (QED) is 0.823. The monoisotopic (exact) mass is 322 g/mol. The van der Waals surface area contributed by atoms with Crippen LogP contribution in [0.2, 0.25) is 0 Å². The van der Waals surface area contributed by atoms with E-state index in [0.717, 1.165) is 0 Å². The maximum Gasteiger partial charge on any atom is 0.274 e. The lowest BCUT2D eigenvalue weighted by Crippen LogP contribution is -2.50. The molecule has 2 amide bonds. The maximum absolute atomic E-state index is 12.7. The van der Waals surface area contributed by atoms with Crippen LogP contribution in [-0.4, -0.2) is 72.7 Å². The Balaban J connectivity index is 2.21. The van der Waals surface area contributed by atoms with Crippen molar-refractivity contribution in [2.75, 3.05) is 40.5 Å². The van der Waals surface area contributed by atoms with Crippen LogP contribution in [0.4, 0.5) is 0 Å². The molecule has 0 aliphatic carbocycles. The minimum absolute atomic E-state index is 0.114. The molecule has 1 fully saturated rings. The van der Waals surface area contributed by atoms with Crippen LogP contribution in [0.1, 0.15) is 22.6 Å². The van der Waals surface area contributed by atoms with Crippen LogP contribution in [0.3, 0.4) is 0 Å². The molecule has 8 nitrogen and oxygen atoms in total. The maximum atomic E-state index is 12.7. The number of hydrogen-bond donors (Lipinski definition) is 1. The molecule has 2 rings (SSSR count). The molecule has 0 saturated carbocycles. The zero-order valence-corrected chi connectivity index (χ0v) is 13.7. The van der Waals surface area contributed by atoms with Crippen molar-refractivity contribution in [1.29, 1.82) is 0 Å². The van der Waals surface area contributed by atoms with Crippen LogP contribution in [0, 0.1) is 6.92 Å².